The van der Waals surface area contributed by atoms with Crippen LogP contribution in [0.15, 0.2) is 18.4 Å². The second-order valence-corrected chi connectivity index (χ2v) is 2.08. The monoisotopic (exact) mass is 150 g/mol. The SMILES string of the molecule is On1nnc2c1C=CC=CN2. The number of hydrogen-bond acceptors (Lipinski definition) is 4. The number of aromatic nitrogens is 3. The highest BCUT2D eigenvalue weighted by molar-refractivity contribution is 5.62. The highest BCUT2D eigenvalue weighted by Crippen LogP contribution is 2.13. The average Bonchev–Trinajstić information content (AvgIpc) is 2.25. The molecule has 1 aliphatic heterocycles. The average molecular weight is 150 g/mol. The van der Waals surface area contributed by atoms with E-state index in [4.69, 9.17) is 5.21 Å². The molecule has 0 saturated carbocycles. The molecule has 5 nitrogen and oxygen atoms in total. The number of hydrogen-bond donors (Lipinski definition) is 2. The molecule has 5 heteroatoms. The molecule has 1 aliphatic rings. The van der Waals surface area contributed by atoms with E-state index in [0.717, 1.165) is 4.85 Å². The van der Waals surface area contributed by atoms with Crippen LogP contribution in [0, 0.1) is 0 Å². The van der Waals surface area contributed by atoms with E-state index in [9.17, 15) is 0 Å². The summed E-state index contributed by atoms with van der Waals surface area (Å²) in [5.74, 6) is 0.553. The standard InChI is InChI=1S/C6H6N4O/c11-10-5-3-1-2-4-7-6(5)8-9-10/h1-4,7,11H. The Kier molecular flexibility index (Phi) is 1.15. The maximum Gasteiger partial charge on any atom is 0.183 e. The first-order valence-corrected chi connectivity index (χ1v) is 3.12. The maximum atomic E-state index is 9.05. The summed E-state index contributed by atoms with van der Waals surface area (Å²) in [5, 5.41) is 19.0. The van der Waals surface area contributed by atoms with Crippen molar-refractivity contribution in [3.05, 3.63) is 24.0 Å². The van der Waals surface area contributed by atoms with Gasteiger partial charge in [0.2, 0.25) is 0 Å². The van der Waals surface area contributed by atoms with Crippen molar-refractivity contribution >= 4 is 11.9 Å². The van der Waals surface area contributed by atoms with Crippen molar-refractivity contribution in [1.82, 2.24) is 15.2 Å². The van der Waals surface area contributed by atoms with E-state index in [2.05, 4.69) is 15.6 Å². The van der Waals surface area contributed by atoms with E-state index in [1.165, 1.54) is 0 Å². The number of nitrogens with zero attached hydrogens (tertiary/aromatic N) is 3. The highest BCUT2D eigenvalue weighted by atomic mass is 16.5. The third-order valence-electron chi connectivity index (χ3n) is 1.37. The molecule has 2 N–H and O–H groups in total. The van der Waals surface area contributed by atoms with E-state index in [1.807, 2.05) is 6.08 Å². The molecule has 0 bridgehead atoms. The molecule has 0 radical (unpaired) electrons. The first-order chi connectivity index (χ1) is 5.38. The molecular formula is C6H6N4O. The van der Waals surface area contributed by atoms with Crippen LogP contribution in [0.4, 0.5) is 5.82 Å². The van der Waals surface area contributed by atoms with E-state index in [1.54, 1.807) is 18.4 Å². The molecule has 0 aliphatic carbocycles. The molecule has 0 fully saturated rings. The fourth-order valence-corrected chi connectivity index (χ4v) is 0.859. The van der Waals surface area contributed by atoms with Crippen molar-refractivity contribution in [3.8, 4) is 0 Å². The lowest BCUT2D eigenvalue weighted by Crippen LogP contribution is -1.95. The van der Waals surface area contributed by atoms with Gasteiger partial charge >= 0.3 is 0 Å². The van der Waals surface area contributed by atoms with Crippen LogP contribution < -0.4 is 5.32 Å². The van der Waals surface area contributed by atoms with Gasteiger partial charge in [0, 0.05) is 6.20 Å². The number of nitrogens with one attached hydrogen (secondary N) is 1. The Hall–Kier alpha value is -1.78. The Balaban J connectivity index is 2.55. The lowest BCUT2D eigenvalue weighted by Gasteiger charge is -1.92. The number of anilines is 1. The van der Waals surface area contributed by atoms with Gasteiger partial charge in [0.25, 0.3) is 0 Å². The van der Waals surface area contributed by atoms with Gasteiger partial charge in [-0.1, -0.05) is 10.9 Å². The summed E-state index contributed by atoms with van der Waals surface area (Å²) in [6, 6.07) is 0. The van der Waals surface area contributed by atoms with Gasteiger partial charge in [-0.15, -0.1) is 5.10 Å². The first kappa shape index (κ1) is 5.96. The van der Waals surface area contributed by atoms with E-state index >= 15 is 0 Å². The molecule has 1 aromatic heterocycles. The van der Waals surface area contributed by atoms with E-state index in [0.29, 0.717) is 11.5 Å². The Morgan fingerprint density at radius 1 is 1.45 bits per heavy atom. The van der Waals surface area contributed by atoms with Gasteiger partial charge in [-0.3, -0.25) is 0 Å². The normalized spacial score (nSPS) is 13.8. The van der Waals surface area contributed by atoms with Gasteiger partial charge in [0.1, 0.15) is 5.69 Å². The van der Waals surface area contributed by atoms with Gasteiger partial charge < -0.3 is 10.5 Å². The molecule has 0 amide bonds. The van der Waals surface area contributed by atoms with Crippen LogP contribution in [0.5, 0.6) is 0 Å². The lowest BCUT2D eigenvalue weighted by atomic mass is 10.4. The zero-order valence-corrected chi connectivity index (χ0v) is 5.60. The topological polar surface area (TPSA) is 63.0 Å². The van der Waals surface area contributed by atoms with Crippen molar-refractivity contribution < 1.29 is 5.21 Å². The Bertz CT molecular complexity index is 325. The van der Waals surface area contributed by atoms with Crippen molar-refractivity contribution in [1.29, 1.82) is 0 Å². The van der Waals surface area contributed by atoms with Crippen molar-refractivity contribution in [2.45, 2.75) is 0 Å². The lowest BCUT2D eigenvalue weighted by molar-refractivity contribution is 0.141. The summed E-state index contributed by atoms with van der Waals surface area (Å²) in [4.78, 5) is 0.728. The molecular weight excluding hydrogens is 144 g/mol. The molecule has 0 saturated heterocycles. The Morgan fingerprint density at radius 3 is 3.27 bits per heavy atom. The van der Waals surface area contributed by atoms with Gasteiger partial charge in [-0.25, -0.2) is 0 Å². The smallest absolute Gasteiger partial charge is 0.183 e. The summed E-state index contributed by atoms with van der Waals surface area (Å²) < 4.78 is 0. The van der Waals surface area contributed by atoms with Gasteiger partial charge in [0.15, 0.2) is 5.82 Å². The predicted octanol–water partition coefficient (Wildman–Crippen LogP) is 0.468. The second-order valence-electron chi connectivity index (χ2n) is 2.08. The van der Waals surface area contributed by atoms with Crippen LogP contribution in [0.25, 0.3) is 6.08 Å². The molecule has 2 heterocycles. The largest absolute Gasteiger partial charge is 0.410 e. The third-order valence-corrected chi connectivity index (χ3v) is 1.37. The van der Waals surface area contributed by atoms with Crippen LogP contribution in [0.3, 0.4) is 0 Å². The zero-order chi connectivity index (χ0) is 7.68. The van der Waals surface area contributed by atoms with Crippen molar-refractivity contribution in [3.63, 3.8) is 0 Å². The quantitative estimate of drug-likeness (QED) is 0.527. The van der Waals surface area contributed by atoms with E-state index in [-0.39, 0.29) is 0 Å². The van der Waals surface area contributed by atoms with Crippen LogP contribution >= 0.6 is 0 Å². The minimum atomic E-state index is 0.551. The fourth-order valence-electron chi connectivity index (χ4n) is 0.859. The van der Waals surface area contributed by atoms with Gasteiger partial charge in [-0.05, 0) is 17.4 Å². The maximum absolute atomic E-state index is 9.05. The fraction of sp³-hybridized carbons (Fsp3) is 0. The number of rotatable bonds is 0. The summed E-state index contributed by atoms with van der Waals surface area (Å²) in [7, 11) is 0. The van der Waals surface area contributed by atoms with Crippen molar-refractivity contribution in [2.24, 2.45) is 0 Å². The second kappa shape index (κ2) is 2.12. The van der Waals surface area contributed by atoms with E-state index < -0.39 is 0 Å². The summed E-state index contributed by atoms with van der Waals surface area (Å²) in [6.45, 7) is 0. The van der Waals surface area contributed by atoms with Gasteiger partial charge in [-0.2, -0.15) is 0 Å². The number of allylic oxidation sites excluding steroid dienone is 2. The summed E-state index contributed by atoms with van der Waals surface area (Å²) >= 11 is 0. The van der Waals surface area contributed by atoms with Crippen molar-refractivity contribution in [2.75, 3.05) is 5.32 Å². The molecule has 0 spiro atoms. The molecule has 2 rings (SSSR count). The van der Waals surface area contributed by atoms with Crippen LogP contribution in [0.1, 0.15) is 5.69 Å². The molecule has 11 heavy (non-hydrogen) atoms. The Labute approximate surface area is 62.6 Å². The predicted molar refractivity (Wildman–Crippen MR) is 39.0 cm³/mol. The molecule has 56 valence electrons. The highest BCUT2D eigenvalue weighted by Gasteiger charge is 2.08. The third kappa shape index (κ3) is 0.861. The minimum Gasteiger partial charge on any atom is -0.410 e. The number of fused-ring (bicyclic) bond motifs is 1. The molecule has 0 aromatic carbocycles. The molecule has 0 unspecified atom stereocenters. The van der Waals surface area contributed by atoms with Crippen LogP contribution in [-0.4, -0.2) is 20.4 Å². The summed E-state index contributed by atoms with van der Waals surface area (Å²) in [5.41, 5.74) is 0.551. The Morgan fingerprint density at radius 2 is 2.36 bits per heavy atom. The first-order valence-electron chi connectivity index (χ1n) is 3.12. The summed E-state index contributed by atoms with van der Waals surface area (Å²) in [6.07, 6.45) is 7.03. The van der Waals surface area contributed by atoms with Crippen LogP contribution in [-0.2, 0) is 0 Å². The minimum absolute atomic E-state index is 0.551. The molecule has 0 atom stereocenters. The zero-order valence-electron chi connectivity index (χ0n) is 5.60. The molecule has 1 aromatic rings. The van der Waals surface area contributed by atoms with Crippen LogP contribution in [0.2, 0.25) is 0 Å². The van der Waals surface area contributed by atoms with Gasteiger partial charge in [0.05, 0.1) is 0 Å².